The highest BCUT2D eigenvalue weighted by molar-refractivity contribution is 5.95. The molecule has 0 saturated carbocycles. The second kappa shape index (κ2) is 6.95. The fourth-order valence-corrected chi connectivity index (χ4v) is 3.85. The van der Waals surface area contributed by atoms with Gasteiger partial charge in [0.05, 0.1) is 11.7 Å². The molecule has 0 unspecified atom stereocenters. The second-order valence-corrected chi connectivity index (χ2v) is 6.86. The molecule has 3 aromatic rings. The van der Waals surface area contributed by atoms with Crippen LogP contribution in [-0.2, 0) is 0 Å². The van der Waals surface area contributed by atoms with Crippen LogP contribution in [0, 0.1) is 0 Å². The lowest BCUT2D eigenvalue weighted by Gasteiger charge is -2.27. The Morgan fingerprint density at radius 2 is 1.96 bits per heavy atom. The molecular formula is C20H19N5O3. The Bertz CT molecular complexity index is 1000. The first-order chi connectivity index (χ1) is 13.8. The second-order valence-electron chi connectivity index (χ2n) is 6.86. The summed E-state index contributed by atoms with van der Waals surface area (Å²) in [6, 6.07) is 13.4. The summed E-state index contributed by atoms with van der Waals surface area (Å²) < 4.78 is 12.9. The molecule has 1 atom stereocenters. The number of fused-ring (bicyclic) bond motifs is 1. The van der Waals surface area contributed by atoms with Crippen LogP contribution in [0.3, 0.4) is 0 Å². The predicted octanol–water partition coefficient (Wildman–Crippen LogP) is 2.41. The molecule has 2 aliphatic heterocycles. The summed E-state index contributed by atoms with van der Waals surface area (Å²) in [5.41, 5.74) is 2.45. The number of carbonyl (C=O) groups is 1. The molecule has 1 fully saturated rings. The Morgan fingerprint density at radius 3 is 2.82 bits per heavy atom. The van der Waals surface area contributed by atoms with Crippen molar-refractivity contribution >= 4 is 5.91 Å². The van der Waals surface area contributed by atoms with E-state index in [-0.39, 0.29) is 11.9 Å². The average molecular weight is 377 g/mol. The number of hydrogen-bond acceptors (Lipinski definition) is 6. The minimum Gasteiger partial charge on any atom is -0.486 e. The fraction of sp³-hybridized carbons (Fsp3) is 0.300. The zero-order valence-electron chi connectivity index (χ0n) is 15.2. The Hall–Kier alpha value is -3.42. The summed E-state index contributed by atoms with van der Waals surface area (Å²) in [5.74, 6) is 1.52. The number of rotatable bonds is 3. The van der Waals surface area contributed by atoms with E-state index in [9.17, 15) is 4.79 Å². The van der Waals surface area contributed by atoms with E-state index < -0.39 is 0 Å². The van der Waals surface area contributed by atoms with E-state index in [1.807, 2.05) is 47.4 Å². The first-order valence-electron chi connectivity index (χ1n) is 9.33. The normalized spacial score (nSPS) is 18.3. The van der Waals surface area contributed by atoms with Gasteiger partial charge in [0.25, 0.3) is 5.91 Å². The third-order valence-corrected chi connectivity index (χ3v) is 5.17. The zero-order valence-corrected chi connectivity index (χ0v) is 15.2. The van der Waals surface area contributed by atoms with Crippen molar-refractivity contribution in [3.05, 3.63) is 59.9 Å². The van der Waals surface area contributed by atoms with E-state index in [1.54, 1.807) is 4.68 Å². The van der Waals surface area contributed by atoms with Crippen LogP contribution < -0.4 is 9.47 Å². The highest BCUT2D eigenvalue weighted by Gasteiger charge is 2.31. The monoisotopic (exact) mass is 377 g/mol. The highest BCUT2D eigenvalue weighted by atomic mass is 16.6. The molecule has 0 radical (unpaired) electrons. The Morgan fingerprint density at radius 1 is 1.07 bits per heavy atom. The van der Waals surface area contributed by atoms with Crippen molar-refractivity contribution in [1.82, 2.24) is 25.1 Å². The SMILES string of the molecule is O=C(c1cccc(-n2cnnn2)c1)N1CCC[C@@H]1c1ccc2c(c1)OCCO2. The van der Waals surface area contributed by atoms with Gasteiger partial charge in [-0.15, -0.1) is 5.10 Å². The lowest BCUT2D eigenvalue weighted by Crippen LogP contribution is -2.30. The van der Waals surface area contributed by atoms with Crippen molar-refractivity contribution in [1.29, 1.82) is 0 Å². The molecule has 1 aromatic heterocycles. The van der Waals surface area contributed by atoms with E-state index in [4.69, 9.17) is 9.47 Å². The maximum Gasteiger partial charge on any atom is 0.254 e. The first-order valence-corrected chi connectivity index (χ1v) is 9.33. The smallest absolute Gasteiger partial charge is 0.254 e. The van der Waals surface area contributed by atoms with Gasteiger partial charge < -0.3 is 14.4 Å². The maximum absolute atomic E-state index is 13.3. The predicted molar refractivity (Wildman–Crippen MR) is 99.6 cm³/mol. The number of amides is 1. The van der Waals surface area contributed by atoms with Crippen molar-refractivity contribution < 1.29 is 14.3 Å². The van der Waals surface area contributed by atoms with Gasteiger partial charge in [0.1, 0.15) is 19.5 Å². The lowest BCUT2D eigenvalue weighted by molar-refractivity contribution is 0.0735. The van der Waals surface area contributed by atoms with Crippen molar-refractivity contribution in [3.63, 3.8) is 0 Å². The summed E-state index contributed by atoms with van der Waals surface area (Å²) in [6.07, 6.45) is 3.41. The number of hydrogen-bond donors (Lipinski definition) is 0. The Kier molecular flexibility index (Phi) is 4.16. The quantitative estimate of drug-likeness (QED) is 0.697. The first kappa shape index (κ1) is 16.7. The van der Waals surface area contributed by atoms with Crippen molar-refractivity contribution in [3.8, 4) is 17.2 Å². The highest BCUT2D eigenvalue weighted by Crippen LogP contribution is 2.38. The molecule has 0 aliphatic carbocycles. The van der Waals surface area contributed by atoms with Gasteiger partial charge in [-0.3, -0.25) is 4.79 Å². The zero-order chi connectivity index (χ0) is 18.9. The summed E-state index contributed by atoms with van der Waals surface area (Å²) in [4.78, 5) is 15.2. The van der Waals surface area contributed by atoms with Crippen molar-refractivity contribution in [2.75, 3.05) is 19.8 Å². The van der Waals surface area contributed by atoms with Gasteiger partial charge in [0.2, 0.25) is 0 Å². The maximum atomic E-state index is 13.3. The Balaban J connectivity index is 1.42. The van der Waals surface area contributed by atoms with Crippen LogP contribution in [0.25, 0.3) is 5.69 Å². The van der Waals surface area contributed by atoms with Crippen LogP contribution in [0.2, 0.25) is 0 Å². The van der Waals surface area contributed by atoms with Gasteiger partial charge in [-0.25, -0.2) is 4.68 Å². The number of aromatic nitrogens is 4. The molecule has 0 N–H and O–H groups in total. The molecule has 8 nitrogen and oxygen atoms in total. The van der Waals surface area contributed by atoms with Crippen LogP contribution in [-0.4, -0.2) is 50.8 Å². The van der Waals surface area contributed by atoms with E-state index in [2.05, 4.69) is 15.5 Å². The molecule has 28 heavy (non-hydrogen) atoms. The summed E-state index contributed by atoms with van der Waals surface area (Å²) in [6.45, 7) is 1.85. The molecular weight excluding hydrogens is 358 g/mol. The molecule has 142 valence electrons. The number of nitrogens with zero attached hydrogens (tertiary/aromatic N) is 5. The summed E-state index contributed by atoms with van der Waals surface area (Å²) in [5, 5.41) is 11.2. The molecule has 0 bridgehead atoms. The molecule has 2 aromatic carbocycles. The third kappa shape index (κ3) is 2.96. The van der Waals surface area contributed by atoms with Gasteiger partial charge in [-0.1, -0.05) is 12.1 Å². The van der Waals surface area contributed by atoms with Crippen LogP contribution >= 0.6 is 0 Å². The molecule has 8 heteroatoms. The molecule has 2 aliphatic rings. The molecule has 5 rings (SSSR count). The lowest BCUT2D eigenvalue weighted by atomic mass is 10.0. The number of likely N-dealkylation sites (tertiary alicyclic amines) is 1. The number of carbonyl (C=O) groups excluding carboxylic acids is 1. The van der Waals surface area contributed by atoms with E-state index in [1.165, 1.54) is 6.33 Å². The number of ether oxygens (including phenoxy) is 2. The minimum atomic E-state index is 0.00677. The summed E-state index contributed by atoms with van der Waals surface area (Å²) in [7, 11) is 0. The van der Waals surface area contributed by atoms with Gasteiger partial charge in [-0.05, 0) is 59.2 Å². The van der Waals surface area contributed by atoms with E-state index in [0.29, 0.717) is 18.8 Å². The largest absolute Gasteiger partial charge is 0.486 e. The van der Waals surface area contributed by atoms with Crippen LogP contribution in [0.1, 0.15) is 34.8 Å². The van der Waals surface area contributed by atoms with Crippen LogP contribution in [0.4, 0.5) is 0 Å². The number of tetrazole rings is 1. The topological polar surface area (TPSA) is 82.4 Å². The standard InChI is InChI=1S/C20H19N5O3/c26-20(15-3-1-4-16(11-15)25-13-21-22-23-25)24-8-2-5-17(24)14-6-7-18-19(12-14)28-10-9-27-18/h1,3-4,6-7,11-13,17H,2,5,8-10H2/t17-/m1/s1. The van der Waals surface area contributed by atoms with Crippen LogP contribution in [0.5, 0.6) is 11.5 Å². The molecule has 0 spiro atoms. The average Bonchev–Trinajstić information content (AvgIpc) is 3.45. The fourth-order valence-electron chi connectivity index (χ4n) is 3.85. The minimum absolute atomic E-state index is 0.00677. The van der Waals surface area contributed by atoms with Gasteiger partial charge >= 0.3 is 0 Å². The molecule has 1 saturated heterocycles. The Labute approximate surface area is 161 Å². The van der Waals surface area contributed by atoms with Gasteiger partial charge in [-0.2, -0.15) is 0 Å². The third-order valence-electron chi connectivity index (χ3n) is 5.17. The van der Waals surface area contributed by atoms with E-state index in [0.717, 1.165) is 42.1 Å². The summed E-state index contributed by atoms with van der Waals surface area (Å²) >= 11 is 0. The van der Waals surface area contributed by atoms with Gasteiger partial charge in [0.15, 0.2) is 11.5 Å². The molecule has 1 amide bonds. The van der Waals surface area contributed by atoms with E-state index >= 15 is 0 Å². The van der Waals surface area contributed by atoms with Gasteiger partial charge in [0, 0.05) is 12.1 Å². The van der Waals surface area contributed by atoms with Crippen molar-refractivity contribution in [2.24, 2.45) is 0 Å². The molecule has 3 heterocycles. The van der Waals surface area contributed by atoms with Crippen LogP contribution in [0.15, 0.2) is 48.8 Å². The number of benzene rings is 2. The van der Waals surface area contributed by atoms with Crippen molar-refractivity contribution in [2.45, 2.75) is 18.9 Å².